The second kappa shape index (κ2) is 13.3. The first-order valence-electron chi connectivity index (χ1n) is 15.0. The lowest BCUT2D eigenvalue weighted by Gasteiger charge is -2.35. The largest absolute Gasteiger partial charge is 0.488 e. The zero-order chi connectivity index (χ0) is 28.6. The third-order valence-corrected chi connectivity index (χ3v) is 7.83. The van der Waals surface area contributed by atoms with Gasteiger partial charge in [-0.05, 0) is 56.9 Å². The molecule has 2 aromatic carbocycles. The summed E-state index contributed by atoms with van der Waals surface area (Å²) in [5, 5.41) is 12.3. The molecule has 0 amide bonds. The molecule has 1 atom stereocenters. The molecule has 1 aliphatic rings. The number of aliphatic hydroxyl groups is 1. The zero-order valence-corrected chi connectivity index (χ0v) is 25.2. The number of benzene rings is 2. The highest BCUT2D eigenvalue weighted by Crippen LogP contribution is 2.42. The molecule has 218 valence electrons. The highest BCUT2D eigenvalue weighted by molar-refractivity contribution is 5.30. The molecule has 1 aliphatic carbocycles. The molecule has 1 aromatic heterocycles. The van der Waals surface area contributed by atoms with Gasteiger partial charge in [0.2, 0.25) is 5.89 Å². The Morgan fingerprint density at radius 2 is 1.57 bits per heavy atom. The van der Waals surface area contributed by atoms with Gasteiger partial charge in [-0.1, -0.05) is 74.6 Å². The monoisotopic (exact) mass is 549 g/mol. The summed E-state index contributed by atoms with van der Waals surface area (Å²) in [6.45, 7) is 8.83. The number of hydrogen-bond acceptors (Lipinski definition) is 5. The molecule has 1 heterocycles. The van der Waals surface area contributed by atoms with Gasteiger partial charge in [0.05, 0.1) is 33.5 Å². The van der Waals surface area contributed by atoms with E-state index in [1.807, 2.05) is 63.2 Å². The molecule has 0 unspecified atom stereocenters. The Hall–Kier alpha value is -2.67. The maximum absolute atomic E-state index is 12.3. The van der Waals surface area contributed by atoms with Crippen molar-refractivity contribution >= 4 is 0 Å². The Morgan fingerprint density at radius 3 is 2.23 bits per heavy atom. The number of nitrogens with zero attached hydrogens (tertiary/aromatic N) is 2. The Labute approximate surface area is 240 Å². The van der Waals surface area contributed by atoms with E-state index < -0.39 is 5.60 Å². The van der Waals surface area contributed by atoms with Crippen molar-refractivity contribution in [2.24, 2.45) is 5.92 Å². The number of likely N-dealkylation sites (N-methyl/N-ethyl adjacent to an activating group) is 1. The smallest absolute Gasteiger partial charge is 0.231 e. The van der Waals surface area contributed by atoms with Gasteiger partial charge < -0.3 is 23.5 Å². The minimum absolute atomic E-state index is 0.0895. The first-order chi connectivity index (χ1) is 19.1. The number of rotatable bonds is 11. The van der Waals surface area contributed by atoms with Crippen LogP contribution < -0.4 is 4.74 Å². The lowest BCUT2D eigenvalue weighted by Crippen LogP contribution is -2.41. The summed E-state index contributed by atoms with van der Waals surface area (Å²) >= 11 is 0. The van der Waals surface area contributed by atoms with Gasteiger partial charge in [0.25, 0.3) is 0 Å². The average Bonchev–Trinajstić information content (AvgIpc) is 3.35. The van der Waals surface area contributed by atoms with E-state index in [1.54, 1.807) is 6.20 Å². The van der Waals surface area contributed by atoms with Crippen LogP contribution in [0.4, 0.5) is 0 Å². The molecular formula is C34H49N2O4+. The van der Waals surface area contributed by atoms with Gasteiger partial charge in [-0.25, -0.2) is 4.98 Å². The molecule has 3 aromatic rings. The predicted molar refractivity (Wildman–Crippen MR) is 159 cm³/mol. The quantitative estimate of drug-likeness (QED) is 0.202. The lowest BCUT2D eigenvalue weighted by atomic mass is 9.74. The molecule has 1 fully saturated rings. The minimum Gasteiger partial charge on any atom is -0.488 e. The highest BCUT2D eigenvalue weighted by Gasteiger charge is 2.44. The van der Waals surface area contributed by atoms with Crippen LogP contribution in [0.15, 0.2) is 65.2 Å². The lowest BCUT2D eigenvalue weighted by molar-refractivity contribution is -0.905. The van der Waals surface area contributed by atoms with Gasteiger partial charge in [-0.3, -0.25) is 0 Å². The van der Waals surface area contributed by atoms with Gasteiger partial charge in [0.15, 0.2) is 11.4 Å². The molecule has 6 heteroatoms. The molecule has 0 saturated heterocycles. The Balaban J connectivity index is 1.36. The van der Waals surface area contributed by atoms with Crippen LogP contribution >= 0.6 is 0 Å². The maximum Gasteiger partial charge on any atom is 0.231 e. The molecular weight excluding hydrogens is 500 g/mol. The van der Waals surface area contributed by atoms with E-state index in [4.69, 9.17) is 13.9 Å². The molecule has 0 aliphatic heterocycles. The summed E-state index contributed by atoms with van der Waals surface area (Å²) in [5.41, 5.74) is 0.570. The van der Waals surface area contributed by atoms with Crippen LogP contribution in [0, 0.1) is 5.92 Å². The number of oxazole rings is 1. The number of aromatic nitrogens is 1. The average molecular weight is 550 g/mol. The first-order valence-corrected chi connectivity index (χ1v) is 15.0. The Kier molecular flexibility index (Phi) is 10.1. The predicted octanol–water partition coefficient (Wildman–Crippen LogP) is 7.24. The highest BCUT2D eigenvalue weighted by atomic mass is 16.5. The number of hydrogen-bond donors (Lipinski definition) is 1. The van der Waals surface area contributed by atoms with Crippen molar-refractivity contribution in [1.82, 2.24) is 4.98 Å². The zero-order valence-electron chi connectivity index (χ0n) is 25.2. The van der Waals surface area contributed by atoms with E-state index in [0.29, 0.717) is 30.1 Å². The summed E-state index contributed by atoms with van der Waals surface area (Å²) in [7, 11) is 4.34. The third kappa shape index (κ3) is 8.42. The van der Waals surface area contributed by atoms with Gasteiger partial charge in [0.1, 0.15) is 24.4 Å². The molecule has 0 bridgehead atoms. The van der Waals surface area contributed by atoms with Crippen molar-refractivity contribution in [1.29, 1.82) is 0 Å². The summed E-state index contributed by atoms with van der Waals surface area (Å²) < 4.78 is 19.0. The molecule has 1 saturated carbocycles. The normalized spacial score (nSPS) is 17.1. The van der Waals surface area contributed by atoms with Crippen LogP contribution in [0.25, 0.3) is 0 Å². The third-order valence-electron chi connectivity index (χ3n) is 7.83. The second-order valence-electron chi connectivity index (χ2n) is 13.0. The Morgan fingerprint density at radius 1 is 0.925 bits per heavy atom. The van der Waals surface area contributed by atoms with Gasteiger partial charge >= 0.3 is 0 Å². The topological polar surface area (TPSA) is 64.7 Å². The molecule has 4 rings (SSSR count). The summed E-state index contributed by atoms with van der Waals surface area (Å²) in [4.78, 5) is 4.68. The fourth-order valence-corrected chi connectivity index (χ4v) is 5.67. The van der Waals surface area contributed by atoms with Crippen molar-refractivity contribution in [2.75, 3.05) is 27.2 Å². The van der Waals surface area contributed by atoms with E-state index >= 15 is 0 Å². The fraction of sp³-hybridized carbons (Fsp3) is 0.559. The van der Waals surface area contributed by atoms with Gasteiger partial charge in [0, 0.05) is 5.92 Å². The van der Waals surface area contributed by atoms with E-state index in [2.05, 4.69) is 31.2 Å². The molecule has 1 N–H and O–H groups in total. The van der Waals surface area contributed by atoms with Crippen LogP contribution in [0.3, 0.4) is 0 Å². The summed E-state index contributed by atoms with van der Waals surface area (Å²) in [5.74, 6) is 2.17. The second-order valence-corrected chi connectivity index (χ2v) is 13.0. The van der Waals surface area contributed by atoms with Crippen LogP contribution in [0.1, 0.15) is 88.5 Å². The summed E-state index contributed by atoms with van der Waals surface area (Å²) in [6, 6.07) is 18.1. The van der Waals surface area contributed by atoms with Crippen molar-refractivity contribution in [3.05, 3.63) is 83.6 Å². The van der Waals surface area contributed by atoms with Crippen LogP contribution in [-0.4, -0.2) is 47.4 Å². The van der Waals surface area contributed by atoms with Crippen LogP contribution in [0.2, 0.25) is 0 Å². The van der Waals surface area contributed by atoms with Crippen LogP contribution in [-0.2, 0) is 23.5 Å². The van der Waals surface area contributed by atoms with Crippen molar-refractivity contribution in [2.45, 2.75) is 90.1 Å². The molecule has 6 nitrogen and oxygen atoms in total. The van der Waals surface area contributed by atoms with Crippen molar-refractivity contribution in [3.8, 4) is 5.75 Å². The molecule has 40 heavy (non-hydrogen) atoms. The maximum atomic E-state index is 12.3. The SMILES string of the molecule is CC(C)(C)Oc1ccc(COCC[N+](C)(C)Cc2cnc([C@](O)(c3ccccc3)C3CCCCCCC3)o2)cc1. The number of ether oxygens (including phenoxy) is 2. The van der Waals surface area contributed by atoms with E-state index in [9.17, 15) is 5.11 Å². The standard InChI is InChI=1S/C34H49N2O4/c1-33(2,3)40-30-20-18-27(19-21-30)26-38-23-22-36(4,5)25-31-24-35-32(39-31)34(37,29-16-12-9-13-17-29)28-14-10-7-6-8-11-15-28/h9,12-13,16-21,24,28,37H,6-8,10-11,14-15,22-23,25-26H2,1-5H3/q+1/t34-/m1/s1. The first kappa shape index (κ1) is 30.3. The van der Waals surface area contributed by atoms with Gasteiger partial charge in [-0.15, -0.1) is 0 Å². The van der Waals surface area contributed by atoms with Crippen molar-refractivity contribution in [3.63, 3.8) is 0 Å². The van der Waals surface area contributed by atoms with Crippen LogP contribution in [0.5, 0.6) is 5.75 Å². The summed E-state index contributed by atoms with van der Waals surface area (Å²) in [6.07, 6.45) is 9.76. The minimum atomic E-state index is -1.22. The van der Waals surface area contributed by atoms with E-state index in [1.165, 1.54) is 19.3 Å². The molecule has 0 spiro atoms. The Bertz CT molecular complexity index is 1160. The fourth-order valence-electron chi connectivity index (χ4n) is 5.67. The number of quaternary nitrogens is 1. The van der Waals surface area contributed by atoms with E-state index in [0.717, 1.165) is 54.9 Å². The van der Waals surface area contributed by atoms with Crippen molar-refractivity contribution < 1.29 is 23.5 Å². The molecule has 0 radical (unpaired) electrons. The van der Waals surface area contributed by atoms with E-state index in [-0.39, 0.29) is 11.5 Å². The van der Waals surface area contributed by atoms with Gasteiger partial charge in [-0.2, -0.15) is 0 Å².